The van der Waals surface area contributed by atoms with Crippen LogP contribution in [0.3, 0.4) is 0 Å². The predicted octanol–water partition coefficient (Wildman–Crippen LogP) is 4.90. The van der Waals surface area contributed by atoms with Crippen molar-refractivity contribution in [2.24, 2.45) is 0 Å². The zero-order chi connectivity index (χ0) is 21.6. The Kier molecular flexibility index (Phi) is 7.31. The van der Waals surface area contributed by atoms with Crippen LogP contribution in [0.1, 0.15) is 38.3 Å². The average Bonchev–Trinajstić information content (AvgIpc) is 2.61. The Morgan fingerprint density at radius 3 is 2.52 bits per heavy atom. The van der Waals surface area contributed by atoms with Gasteiger partial charge in [-0.15, -0.1) is 0 Å². The summed E-state index contributed by atoms with van der Waals surface area (Å²) in [6.07, 6.45) is -0.331. The lowest BCUT2D eigenvalue weighted by Crippen LogP contribution is -2.33. The molecule has 7 heteroatoms. The lowest BCUT2D eigenvalue weighted by Gasteiger charge is -2.24. The first-order chi connectivity index (χ1) is 13.5. The Labute approximate surface area is 169 Å². The molecule has 0 aliphatic carbocycles. The van der Waals surface area contributed by atoms with E-state index in [0.29, 0.717) is 12.2 Å². The molecule has 0 fully saturated rings. The highest BCUT2D eigenvalue weighted by Crippen LogP contribution is 2.16. The quantitative estimate of drug-likeness (QED) is 0.745. The maximum atomic E-state index is 13.6. The molecule has 0 saturated heterocycles. The number of ether oxygens (including phenoxy) is 1. The number of benzene rings is 2. The molecule has 2 amide bonds. The number of aryl methyl sites for hydroxylation is 1. The molecule has 0 atom stereocenters. The molecule has 0 spiro atoms. The van der Waals surface area contributed by atoms with Crippen molar-refractivity contribution in [3.63, 3.8) is 0 Å². The molecule has 0 heterocycles. The monoisotopic (exact) mass is 404 g/mol. The van der Waals surface area contributed by atoms with Crippen molar-refractivity contribution in [1.82, 2.24) is 4.90 Å². The number of carbonyl (C=O) groups is 2. The zero-order valence-corrected chi connectivity index (χ0v) is 17.1. The summed E-state index contributed by atoms with van der Waals surface area (Å²) in [6.45, 7) is 5.70. The SMILES string of the molecule is CN(Cc1cccc(NC(=O)CCc2cc(F)ccc2F)c1)C(=O)OC(C)(C)C. The molecule has 0 bridgehead atoms. The van der Waals surface area contributed by atoms with Crippen LogP contribution in [0.25, 0.3) is 0 Å². The van der Waals surface area contributed by atoms with E-state index >= 15 is 0 Å². The Morgan fingerprint density at radius 1 is 1.10 bits per heavy atom. The number of nitrogens with one attached hydrogen (secondary N) is 1. The summed E-state index contributed by atoms with van der Waals surface area (Å²) in [6, 6.07) is 10.2. The molecule has 0 unspecified atom stereocenters. The summed E-state index contributed by atoms with van der Waals surface area (Å²) >= 11 is 0. The standard InChI is InChI=1S/C22H26F2N2O3/c1-22(2,3)29-21(28)26(4)14-15-6-5-7-18(12-15)25-20(27)11-8-16-13-17(23)9-10-19(16)24/h5-7,9-10,12-13H,8,11,14H2,1-4H3,(H,25,27). The lowest BCUT2D eigenvalue weighted by atomic mass is 10.1. The highest BCUT2D eigenvalue weighted by Gasteiger charge is 2.19. The molecule has 29 heavy (non-hydrogen) atoms. The van der Waals surface area contributed by atoms with E-state index in [0.717, 1.165) is 23.8 Å². The van der Waals surface area contributed by atoms with Gasteiger partial charge in [0.05, 0.1) is 0 Å². The Hall–Kier alpha value is -2.96. The minimum atomic E-state index is -0.581. The van der Waals surface area contributed by atoms with Crippen LogP contribution in [0.2, 0.25) is 0 Å². The topological polar surface area (TPSA) is 58.6 Å². The number of rotatable bonds is 6. The van der Waals surface area contributed by atoms with Crippen molar-refractivity contribution >= 4 is 17.7 Å². The maximum absolute atomic E-state index is 13.6. The molecule has 5 nitrogen and oxygen atoms in total. The first-order valence-corrected chi connectivity index (χ1v) is 9.30. The van der Waals surface area contributed by atoms with Crippen LogP contribution >= 0.6 is 0 Å². The highest BCUT2D eigenvalue weighted by molar-refractivity contribution is 5.90. The fourth-order valence-electron chi connectivity index (χ4n) is 2.63. The van der Waals surface area contributed by atoms with Crippen LogP contribution in [-0.4, -0.2) is 29.5 Å². The average molecular weight is 404 g/mol. The summed E-state index contributed by atoms with van der Waals surface area (Å²) in [5, 5.41) is 2.74. The van der Waals surface area contributed by atoms with Crippen LogP contribution < -0.4 is 5.32 Å². The fourth-order valence-corrected chi connectivity index (χ4v) is 2.63. The molecule has 2 aromatic carbocycles. The largest absolute Gasteiger partial charge is 0.444 e. The number of amides is 2. The van der Waals surface area contributed by atoms with Crippen LogP contribution in [0.4, 0.5) is 19.3 Å². The maximum Gasteiger partial charge on any atom is 0.410 e. The lowest BCUT2D eigenvalue weighted by molar-refractivity contribution is -0.116. The van der Waals surface area contributed by atoms with E-state index in [9.17, 15) is 18.4 Å². The molecule has 0 saturated carbocycles. The third-order valence-electron chi connectivity index (χ3n) is 3.96. The smallest absolute Gasteiger partial charge is 0.410 e. The van der Waals surface area contributed by atoms with Gasteiger partial charge in [0.2, 0.25) is 5.91 Å². The van der Waals surface area contributed by atoms with Crippen molar-refractivity contribution in [2.75, 3.05) is 12.4 Å². The van der Waals surface area contributed by atoms with E-state index in [4.69, 9.17) is 4.74 Å². The van der Waals surface area contributed by atoms with Gasteiger partial charge in [-0.1, -0.05) is 12.1 Å². The van der Waals surface area contributed by atoms with Gasteiger partial charge in [-0.3, -0.25) is 4.79 Å². The number of anilines is 1. The second-order valence-corrected chi connectivity index (χ2v) is 7.82. The normalized spacial score (nSPS) is 11.1. The molecule has 0 aliphatic heterocycles. The molecular formula is C22H26F2N2O3. The second-order valence-electron chi connectivity index (χ2n) is 7.82. The van der Waals surface area contributed by atoms with E-state index in [-0.39, 0.29) is 24.3 Å². The Balaban J connectivity index is 1.92. The van der Waals surface area contributed by atoms with Crippen molar-refractivity contribution in [1.29, 1.82) is 0 Å². The second kappa shape index (κ2) is 9.49. The number of hydrogen-bond donors (Lipinski definition) is 1. The van der Waals surface area contributed by atoms with Gasteiger partial charge in [0.25, 0.3) is 0 Å². The van der Waals surface area contributed by atoms with Gasteiger partial charge < -0.3 is 15.0 Å². The number of carbonyl (C=O) groups excluding carboxylic acids is 2. The van der Waals surface area contributed by atoms with Crippen LogP contribution in [0, 0.1) is 11.6 Å². The van der Waals surface area contributed by atoms with Gasteiger partial charge in [-0.2, -0.15) is 0 Å². The van der Waals surface area contributed by atoms with E-state index in [1.165, 1.54) is 4.90 Å². The van der Waals surface area contributed by atoms with Gasteiger partial charge in [0.1, 0.15) is 17.2 Å². The molecule has 156 valence electrons. The van der Waals surface area contributed by atoms with Gasteiger partial charge >= 0.3 is 6.09 Å². The Morgan fingerprint density at radius 2 is 1.83 bits per heavy atom. The van der Waals surface area contributed by atoms with Crippen molar-refractivity contribution in [3.05, 3.63) is 65.2 Å². The van der Waals surface area contributed by atoms with Crippen LogP contribution in [0.5, 0.6) is 0 Å². The third kappa shape index (κ3) is 7.52. The first-order valence-electron chi connectivity index (χ1n) is 9.30. The summed E-state index contributed by atoms with van der Waals surface area (Å²) in [5.41, 5.74) is 0.951. The van der Waals surface area contributed by atoms with Crippen molar-refractivity contribution in [2.45, 2.75) is 45.8 Å². The van der Waals surface area contributed by atoms with Crippen molar-refractivity contribution in [3.8, 4) is 0 Å². The van der Waals surface area contributed by atoms with E-state index in [1.54, 1.807) is 46.0 Å². The fraction of sp³-hybridized carbons (Fsp3) is 0.364. The van der Waals surface area contributed by atoms with Gasteiger partial charge in [-0.05, 0) is 68.7 Å². The molecule has 0 radical (unpaired) electrons. The molecule has 2 rings (SSSR count). The van der Waals surface area contributed by atoms with Crippen LogP contribution in [0.15, 0.2) is 42.5 Å². The summed E-state index contributed by atoms with van der Waals surface area (Å²) in [5.74, 6) is -1.39. The van der Waals surface area contributed by atoms with Gasteiger partial charge in [0.15, 0.2) is 0 Å². The van der Waals surface area contributed by atoms with Gasteiger partial charge in [0, 0.05) is 25.7 Å². The predicted molar refractivity (Wildman–Crippen MR) is 107 cm³/mol. The minimum absolute atomic E-state index is 0.0163. The molecule has 0 aliphatic rings. The van der Waals surface area contributed by atoms with Crippen LogP contribution in [-0.2, 0) is 22.5 Å². The first kappa shape index (κ1) is 22.3. The number of hydrogen-bond acceptors (Lipinski definition) is 3. The number of nitrogens with zero attached hydrogens (tertiary/aromatic N) is 1. The summed E-state index contributed by atoms with van der Waals surface area (Å²) in [4.78, 5) is 25.7. The number of halogens is 2. The zero-order valence-electron chi connectivity index (χ0n) is 17.1. The molecule has 1 N–H and O–H groups in total. The summed E-state index contributed by atoms with van der Waals surface area (Å²) in [7, 11) is 1.63. The van der Waals surface area contributed by atoms with Gasteiger partial charge in [-0.25, -0.2) is 13.6 Å². The molecular weight excluding hydrogens is 378 g/mol. The summed E-state index contributed by atoms with van der Waals surface area (Å²) < 4.78 is 32.2. The van der Waals surface area contributed by atoms with E-state index in [1.807, 2.05) is 6.07 Å². The van der Waals surface area contributed by atoms with Crippen molar-refractivity contribution < 1.29 is 23.1 Å². The minimum Gasteiger partial charge on any atom is -0.444 e. The Bertz CT molecular complexity index is 879. The van der Waals surface area contributed by atoms with E-state index in [2.05, 4.69) is 5.32 Å². The van der Waals surface area contributed by atoms with E-state index < -0.39 is 23.3 Å². The molecule has 0 aromatic heterocycles. The third-order valence-corrected chi connectivity index (χ3v) is 3.96. The molecule has 2 aromatic rings. The highest BCUT2D eigenvalue weighted by atomic mass is 19.1.